The van der Waals surface area contributed by atoms with Crippen LogP contribution in [0.25, 0.3) is 11.5 Å². The first-order valence-corrected chi connectivity index (χ1v) is 10.1. The molecule has 0 N–H and O–H groups in total. The molecule has 2 heterocycles. The molecule has 0 atom stereocenters. The molecule has 9 heteroatoms. The van der Waals surface area contributed by atoms with Crippen LogP contribution in [0.5, 0.6) is 5.75 Å². The Bertz CT molecular complexity index is 970. The number of hydrogen-bond acceptors (Lipinski definition) is 7. The lowest BCUT2D eigenvalue weighted by Gasteiger charge is -2.25. The van der Waals surface area contributed by atoms with E-state index in [2.05, 4.69) is 11.1 Å². The van der Waals surface area contributed by atoms with Crippen molar-refractivity contribution in [3.05, 3.63) is 23.9 Å². The summed E-state index contributed by atoms with van der Waals surface area (Å²) in [5.41, 5.74) is 0.677. The van der Waals surface area contributed by atoms with Gasteiger partial charge in [-0.15, -0.1) is 0 Å². The summed E-state index contributed by atoms with van der Waals surface area (Å²) >= 11 is 0. The predicted octanol–water partition coefficient (Wildman–Crippen LogP) is 2.46. The van der Waals surface area contributed by atoms with Crippen LogP contribution in [0, 0.1) is 11.3 Å². The Labute approximate surface area is 159 Å². The second-order valence-electron chi connectivity index (χ2n) is 6.49. The molecule has 8 nitrogen and oxygen atoms in total. The number of ether oxygens (including phenoxy) is 1. The molecule has 0 saturated carbocycles. The van der Waals surface area contributed by atoms with Crippen molar-refractivity contribution in [2.45, 2.75) is 24.2 Å². The van der Waals surface area contributed by atoms with E-state index in [1.54, 1.807) is 12.1 Å². The van der Waals surface area contributed by atoms with Crippen molar-refractivity contribution in [1.82, 2.24) is 9.29 Å². The van der Waals surface area contributed by atoms with Gasteiger partial charge in [0.1, 0.15) is 16.7 Å². The lowest BCUT2D eigenvalue weighted by molar-refractivity contribution is 0.400. The largest absolute Gasteiger partial charge is 0.495 e. The molecule has 0 amide bonds. The fourth-order valence-corrected chi connectivity index (χ4v) is 4.10. The summed E-state index contributed by atoms with van der Waals surface area (Å²) in [5.74, 6) is 0.890. The first-order chi connectivity index (χ1) is 12.9. The number of piperidine rings is 1. The highest BCUT2D eigenvalue weighted by atomic mass is 32.2. The fourth-order valence-electron chi connectivity index (χ4n) is 3.03. The van der Waals surface area contributed by atoms with E-state index < -0.39 is 10.0 Å². The van der Waals surface area contributed by atoms with E-state index in [1.807, 2.05) is 4.90 Å². The van der Waals surface area contributed by atoms with Crippen LogP contribution < -0.4 is 9.64 Å². The lowest BCUT2D eigenvalue weighted by Crippen LogP contribution is -2.29. The van der Waals surface area contributed by atoms with Crippen LogP contribution in [-0.4, -0.2) is 52.0 Å². The van der Waals surface area contributed by atoms with Gasteiger partial charge in [0.25, 0.3) is 0 Å². The van der Waals surface area contributed by atoms with Crippen LogP contribution in [0.3, 0.4) is 0 Å². The summed E-state index contributed by atoms with van der Waals surface area (Å²) in [6.07, 6.45) is 3.23. The minimum Gasteiger partial charge on any atom is -0.495 e. The van der Waals surface area contributed by atoms with Gasteiger partial charge in [-0.25, -0.2) is 12.7 Å². The van der Waals surface area contributed by atoms with Gasteiger partial charge in [-0.1, -0.05) is 0 Å². The van der Waals surface area contributed by atoms with Crippen molar-refractivity contribution in [1.29, 1.82) is 5.26 Å². The van der Waals surface area contributed by atoms with Gasteiger partial charge < -0.3 is 14.1 Å². The van der Waals surface area contributed by atoms with Crippen LogP contribution in [0.4, 0.5) is 5.88 Å². The second kappa shape index (κ2) is 7.58. The number of sulfonamides is 1. The molecule has 1 aliphatic rings. The number of methoxy groups -OCH3 is 1. The van der Waals surface area contributed by atoms with Crippen LogP contribution in [-0.2, 0) is 10.0 Å². The van der Waals surface area contributed by atoms with Crippen molar-refractivity contribution in [3.63, 3.8) is 0 Å². The molecule has 3 rings (SSSR count). The zero-order chi connectivity index (χ0) is 19.6. The molecule has 0 bridgehead atoms. The van der Waals surface area contributed by atoms with Crippen molar-refractivity contribution < 1.29 is 17.6 Å². The molecule has 1 aromatic heterocycles. The number of oxazole rings is 1. The number of rotatable bonds is 5. The maximum atomic E-state index is 12.6. The molecular formula is C18H22N4O4S. The van der Waals surface area contributed by atoms with E-state index >= 15 is 0 Å². The highest BCUT2D eigenvalue weighted by Gasteiger charge is 2.26. The van der Waals surface area contributed by atoms with Gasteiger partial charge in [0.05, 0.1) is 7.11 Å². The molecule has 1 aromatic carbocycles. The highest BCUT2D eigenvalue weighted by molar-refractivity contribution is 7.89. The number of hydrogen-bond donors (Lipinski definition) is 0. The smallest absolute Gasteiger partial charge is 0.246 e. The summed E-state index contributed by atoms with van der Waals surface area (Å²) in [6, 6.07) is 6.76. The summed E-state index contributed by atoms with van der Waals surface area (Å²) in [7, 11) is 0.604. The van der Waals surface area contributed by atoms with E-state index in [0.29, 0.717) is 11.4 Å². The van der Waals surface area contributed by atoms with Gasteiger partial charge in [0.15, 0.2) is 0 Å². The third kappa shape index (κ3) is 3.63. The molecule has 144 valence electrons. The van der Waals surface area contributed by atoms with E-state index in [4.69, 9.17) is 9.15 Å². The summed E-state index contributed by atoms with van der Waals surface area (Å²) in [4.78, 5) is 6.31. The van der Waals surface area contributed by atoms with Crippen LogP contribution in [0.2, 0.25) is 0 Å². The summed E-state index contributed by atoms with van der Waals surface area (Å²) in [5, 5.41) is 9.43. The third-order valence-electron chi connectivity index (χ3n) is 4.53. The van der Waals surface area contributed by atoms with Gasteiger partial charge in [-0.2, -0.15) is 10.2 Å². The average Bonchev–Trinajstić information content (AvgIpc) is 3.12. The Morgan fingerprint density at radius 2 is 1.96 bits per heavy atom. The van der Waals surface area contributed by atoms with Gasteiger partial charge in [0, 0.05) is 32.7 Å². The number of nitrogens with zero attached hydrogens (tertiary/aromatic N) is 4. The zero-order valence-electron chi connectivity index (χ0n) is 15.6. The molecule has 1 fully saturated rings. The van der Waals surface area contributed by atoms with Crippen molar-refractivity contribution in [2.24, 2.45) is 0 Å². The summed E-state index contributed by atoms with van der Waals surface area (Å²) in [6.45, 7) is 1.62. The maximum Gasteiger partial charge on any atom is 0.246 e. The van der Waals surface area contributed by atoms with Gasteiger partial charge >= 0.3 is 0 Å². The molecule has 27 heavy (non-hydrogen) atoms. The zero-order valence-corrected chi connectivity index (χ0v) is 16.4. The number of nitriles is 1. The highest BCUT2D eigenvalue weighted by Crippen LogP contribution is 2.34. The molecule has 1 saturated heterocycles. The molecule has 0 radical (unpaired) electrons. The molecule has 1 aliphatic heterocycles. The maximum absolute atomic E-state index is 12.6. The average molecular weight is 390 g/mol. The molecule has 0 unspecified atom stereocenters. The van der Waals surface area contributed by atoms with E-state index in [-0.39, 0.29) is 22.2 Å². The van der Waals surface area contributed by atoms with Crippen LogP contribution in [0.1, 0.15) is 25.0 Å². The molecule has 0 spiro atoms. The van der Waals surface area contributed by atoms with Gasteiger partial charge in [-0.05, 0) is 37.5 Å². The van der Waals surface area contributed by atoms with Crippen LogP contribution in [0.15, 0.2) is 27.5 Å². The fraction of sp³-hybridized carbons (Fsp3) is 0.444. The van der Waals surface area contributed by atoms with Crippen molar-refractivity contribution in [2.75, 3.05) is 39.2 Å². The monoisotopic (exact) mass is 390 g/mol. The number of aromatic nitrogens is 1. The first kappa shape index (κ1) is 19.2. The van der Waals surface area contributed by atoms with Gasteiger partial charge in [0.2, 0.25) is 27.5 Å². The molecular weight excluding hydrogens is 368 g/mol. The summed E-state index contributed by atoms with van der Waals surface area (Å²) < 4.78 is 37.4. The van der Waals surface area contributed by atoms with E-state index in [9.17, 15) is 13.7 Å². The Morgan fingerprint density at radius 1 is 1.26 bits per heavy atom. The Balaban J connectivity index is 2.07. The van der Waals surface area contributed by atoms with Crippen molar-refractivity contribution in [3.8, 4) is 23.3 Å². The normalized spacial score (nSPS) is 15.0. The predicted molar refractivity (Wildman–Crippen MR) is 100 cm³/mol. The minimum absolute atomic E-state index is 0.0173. The minimum atomic E-state index is -3.72. The quantitative estimate of drug-likeness (QED) is 0.773. The SMILES string of the molecule is COc1ccc(-c2nc(C#N)c(N3CCCCC3)o2)cc1S(=O)(=O)N(C)C. The molecule has 2 aromatic rings. The Morgan fingerprint density at radius 3 is 2.56 bits per heavy atom. The Hall–Kier alpha value is -2.57. The first-order valence-electron chi connectivity index (χ1n) is 8.65. The Kier molecular flexibility index (Phi) is 5.39. The number of benzene rings is 1. The third-order valence-corrected chi connectivity index (χ3v) is 6.36. The lowest BCUT2D eigenvalue weighted by atomic mass is 10.1. The van der Waals surface area contributed by atoms with Crippen molar-refractivity contribution >= 4 is 15.9 Å². The molecule has 0 aliphatic carbocycles. The van der Waals surface area contributed by atoms with Crippen LogP contribution >= 0.6 is 0 Å². The topological polar surface area (TPSA) is 99.7 Å². The van der Waals surface area contributed by atoms with E-state index in [1.165, 1.54) is 27.3 Å². The second-order valence-corrected chi connectivity index (χ2v) is 8.61. The van der Waals surface area contributed by atoms with E-state index in [0.717, 1.165) is 36.7 Å². The van der Waals surface area contributed by atoms with Gasteiger partial charge in [-0.3, -0.25) is 0 Å². The number of anilines is 1. The standard InChI is InChI=1S/C18H22N4O4S/c1-21(2)27(23,24)16-11-13(7-8-15(16)25-3)17-20-14(12-19)18(26-17)22-9-5-4-6-10-22/h7-8,11H,4-6,9-10H2,1-3H3.